The molecule has 22 heavy (non-hydrogen) atoms. The van der Waals surface area contributed by atoms with Gasteiger partial charge in [0.15, 0.2) is 5.84 Å². The summed E-state index contributed by atoms with van der Waals surface area (Å²) in [4.78, 5) is 4.14. The summed E-state index contributed by atoms with van der Waals surface area (Å²) in [7, 11) is 0. The van der Waals surface area contributed by atoms with Crippen molar-refractivity contribution in [2.75, 3.05) is 13.1 Å². The number of hydrogen-bond acceptors (Lipinski definition) is 3. The Hall–Kier alpha value is -2.07. The highest BCUT2D eigenvalue weighted by Crippen LogP contribution is 2.33. The van der Waals surface area contributed by atoms with Gasteiger partial charge in [0.2, 0.25) is 0 Å². The number of imidazole rings is 1. The Morgan fingerprint density at radius 1 is 1.27 bits per heavy atom. The van der Waals surface area contributed by atoms with Crippen molar-refractivity contribution in [3.63, 3.8) is 0 Å². The van der Waals surface area contributed by atoms with E-state index in [1.807, 2.05) is 35.0 Å². The van der Waals surface area contributed by atoms with Crippen LogP contribution in [0.25, 0.3) is 0 Å². The van der Waals surface area contributed by atoms with Crippen molar-refractivity contribution in [2.24, 2.45) is 16.9 Å². The van der Waals surface area contributed by atoms with Gasteiger partial charge in [-0.15, -0.1) is 0 Å². The van der Waals surface area contributed by atoms with E-state index < -0.39 is 0 Å². The van der Waals surface area contributed by atoms with Crippen molar-refractivity contribution in [1.29, 1.82) is 0 Å². The van der Waals surface area contributed by atoms with E-state index in [2.05, 4.69) is 22.1 Å². The lowest BCUT2D eigenvalue weighted by Crippen LogP contribution is -2.22. The lowest BCUT2D eigenvalue weighted by molar-refractivity contribution is 0.340. The van der Waals surface area contributed by atoms with E-state index in [-0.39, 0.29) is 0 Å². The van der Waals surface area contributed by atoms with Crippen LogP contribution in [0.2, 0.25) is 5.02 Å². The van der Waals surface area contributed by atoms with Crippen molar-refractivity contribution in [1.82, 2.24) is 14.6 Å². The molecule has 1 aromatic carbocycles. The molecule has 0 amide bonds. The molecule has 1 saturated heterocycles. The molecule has 2 unspecified atom stereocenters. The van der Waals surface area contributed by atoms with Gasteiger partial charge in [-0.25, -0.2) is 4.98 Å². The predicted octanol–water partition coefficient (Wildman–Crippen LogP) is 3.25. The van der Waals surface area contributed by atoms with E-state index in [9.17, 15) is 0 Å². The number of halogens is 1. The minimum Gasteiger partial charge on any atom is -0.294 e. The van der Waals surface area contributed by atoms with E-state index in [0.29, 0.717) is 16.9 Å². The summed E-state index contributed by atoms with van der Waals surface area (Å²) in [6.07, 6.45) is 11.2. The van der Waals surface area contributed by atoms with Gasteiger partial charge in [-0.3, -0.25) is 9.58 Å². The quantitative estimate of drug-likeness (QED) is 0.484. The van der Waals surface area contributed by atoms with Gasteiger partial charge in [-0.05, 0) is 24.5 Å². The molecule has 5 heteroatoms. The third kappa shape index (κ3) is 2.44. The van der Waals surface area contributed by atoms with Crippen molar-refractivity contribution in [3.8, 4) is 0 Å². The number of fused-ring (bicyclic) bond motifs is 1. The van der Waals surface area contributed by atoms with Crippen LogP contribution in [0.3, 0.4) is 0 Å². The van der Waals surface area contributed by atoms with Gasteiger partial charge < -0.3 is 0 Å². The van der Waals surface area contributed by atoms with Gasteiger partial charge in [0, 0.05) is 37.0 Å². The average molecular weight is 313 g/mol. The number of allylic oxidation sites excluding steroid dienone is 1. The molecule has 0 N–H and O–H groups in total. The van der Waals surface area contributed by atoms with Crippen molar-refractivity contribution < 1.29 is 0 Å². The maximum absolute atomic E-state index is 6.37. The lowest BCUT2D eigenvalue weighted by atomic mass is 10.0. The molecule has 1 aromatic heterocycles. The summed E-state index contributed by atoms with van der Waals surface area (Å²) < 4.78 is 1.92. The Bertz CT molecular complexity index is 720. The maximum atomic E-state index is 6.37. The van der Waals surface area contributed by atoms with Gasteiger partial charge in [0.05, 0.1) is 5.02 Å². The summed E-state index contributed by atoms with van der Waals surface area (Å²) >= 11 is 6.37. The monoisotopic (exact) mass is 312 g/mol. The third-order valence-corrected chi connectivity index (χ3v) is 4.72. The van der Waals surface area contributed by atoms with Crippen molar-refractivity contribution in [3.05, 3.63) is 65.7 Å². The van der Waals surface area contributed by atoms with Crippen LogP contribution >= 0.6 is 11.6 Å². The molecule has 4 rings (SSSR count). The second-order valence-electron chi connectivity index (χ2n) is 5.83. The summed E-state index contributed by atoms with van der Waals surface area (Å²) in [6, 6.07) is 7.81. The minimum atomic E-state index is 0.638. The predicted molar refractivity (Wildman–Crippen MR) is 87.9 cm³/mol. The molecule has 0 saturated carbocycles. The molecule has 0 spiro atoms. The number of hydrogen-bond donors (Lipinski definition) is 0. The van der Waals surface area contributed by atoms with E-state index in [4.69, 9.17) is 16.7 Å². The number of benzene rings is 1. The summed E-state index contributed by atoms with van der Waals surface area (Å²) in [5.41, 5.74) is 0.926. The molecule has 2 aromatic rings. The van der Waals surface area contributed by atoms with E-state index >= 15 is 0 Å². The fourth-order valence-electron chi connectivity index (χ4n) is 3.26. The maximum Gasteiger partial charge on any atom is 0.166 e. The molecular weight excluding hydrogens is 296 g/mol. The summed E-state index contributed by atoms with van der Waals surface area (Å²) in [5, 5.41) is 7.75. The zero-order valence-corrected chi connectivity index (χ0v) is 12.9. The second kappa shape index (κ2) is 5.61. The Morgan fingerprint density at radius 3 is 2.95 bits per heavy atom. The molecule has 1 aliphatic carbocycles. The number of aromatic nitrogens is 2. The normalized spacial score (nSPS) is 24.0. The van der Waals surface area contributed by atoms with Crippen LogP contribution in [-0.4, -0.2) is 33.5 Å². The first-order chi connectivity index (χ1) is 10.8. The van der Waals surface area contributed by atoms with Crippen LogP contribution in [0.5, 0.6) is 0 Å². The second-order valence-corrected chi connectivity index (χ2v) is 6.24. The van der Waals surface area contributed by atoms with Crippen LogP contribution < -0.4 is 0 Å². The molecule has 4 nitrogen and oxygen atoms in total. The molecule has 0 radical (unpaired) electrons. The Balaban J connectivity index is 1.71. The van der Waals surface area contributed by atoms with E-state index in [0.717, 1.165) is 24.5 Å². The highest BCUT2D eigenvalue weighted by atomic mass is 35.5. The Labute approximate surface area is 134 Å². The molecule has 0 bridgehead atoms. The number of rotatable bonds is 2. The van der Waals surface area contributed by atoms with Crippen molar-refractivity contribution >= 4 is 17.4 Å². The van der Waals surface area contributed by atoms with Gasteiger partial charge in [0.1, 0.15) is 6.33 Å². The molecule has 1 fully saturated rings. The van der Waals surface area contributed by atoms with E-state index in [1.54, 1.807) is 12.5 Å². The number of hydrazone groups is 1. The Morgan fingerprint density at radius 2 is 2.18 bits per heavy atom. The average Bonchev–Trinajstić information content (AvgIpc) is 3.22. The smallest absolute Gasteiger partial charge is 0.166 e. The van der Waals surface area contributed by atoms with E-state index in [1.165, 1.54) is 6.42 Å². The van der Waals surface area contributed by atoms with Crippen molar-refractivity contribution in [2.45, 2.75) is 6.42 Å². The van der Waals surface area contributed by atoms with Crippen LogP contribution in [0.4, 0.5) is 0 Å². The topological polar surface area (TPSA) is 33.4 Å². The van der Waals surface area contributed by atoms with Crippen LogP contribution in [0.15, 0.2) is 60.2 Å². The first-order valence-electron chi connectivity index (χ1n) is 7.55. The first kappa shape index (κ1) is 13.6. The number of nitrogens with zero attached hydrogens (tertiary/aromatic N) is 4. The largest absolute Gasteiger partial charge is 0.294 e. The zero-order chi connectivity index (χ0) is 14.9. The molecule has 2 heterocycles. The standard InChI is InChI=1S/C17H17ClN4/c18-16-7-2-1-6-15(16)17(21-9-8-19-12-21)20-22-10-13-4-3-5-14(13)11-22/h1-4,6-9,12-14H,5,10-11H2. The zero-order valence-electron chi connectivity index (χ0n) is 12.1. The minimum absolute atomic E-state index is 0.638. The fraction of sp³-hybridized carbons (Fsp3) is 0.294. The Kier molecular flexibility index (Phi) is 3.47. The first-order valence-corrected chi connectivity index (χ1v) is 7.92. The van der Waals surface area contributed by atoms with Crippen LogP contribution in [0, 0.1) is 11.8 Å². The molecule has 2 atom stereocenters. The highest BCUT2D eigenvalue weighted by molar-refractivity contribution is 6.34. The molecule has 1 aliphatic heterocycles. The van der Waals surface area contributed by atoms with Gasteiger partial charge in [0.25, 0.3) is 0 Å². The fourth-order valence-corrected chi connectivity index (χ4v) is 3.48. The van der Waals surface area contributed by atoms with Gasteiger partial charge >= 0.3 is 0 Å². The van der Waals surface area contributed by atoms with Crippen LogP contribution in [0.1, 0.15) is 12.0 Å². The van der Waals surface area contributed by atoms with Gasteiger partial charge in [-0.2, -0.15) is 5.10 Å². The third-order valence-electron chi connectivity index (χ3n) is 4.39. The molecular formula is C17H17ClN4. The summed E-state index contributed by atoms with van der Waals surface area (Å²) in [6.45, 7) is 1.98. The molecule has 112 valence electrons. The summed E-state index contributed by atoms with van der Waals surface area (Å²) in [5.74, 6) is 2.17. The van der Waals surface area contributed by atoms with Crippen LogP contribution in [-0.2, 0) is 0 Å². The highest BCUT2D eigenvalue weighted by Gasteiger charge is 2.33. The SMILES string of the molecule is Clc1ccccc1C(=NN1CC2C=CCC2C1)n1ccnc1. The lowest BCUT2D eigenvalue weighted by Gasteiger charge is -2.16. The van der Waals surface area contributed by atoms with Gasteiger partial charge in [-0.1, -0.05) is 35.9 Å². The molecule has 2 aliphatic rings.